The number of hydrogen-bond donors (Lipinski definition) is 1. The zero-order chi connectivity index (χ0) is 17.1. The third-order valence-electron chi connectivity index (χ3n) is 6.31. The third-order valence-corrected chi connectivity index (χ3v) is 6.31. The number of carbonyl (C=O) groups is 1. The number of benzene rings is 1. The summed E-state index contributed by atoms with van der Waals surface area (Å²) in [6.07, 6.45) is 7.40. The van der Waals surface area contributed by atoms with Gasteiger partial charge in [0, 0.05) is 38.8 Å². The summed E-state index contributed by atoms with van der Waals surface area (Å²) in [5, 5.41) is 3.66. The Morgan fingerprint density at radius 1 is 0.963 bits per heavy atom. The van der Waals surface area contributed by atoms with Crippen LogP contribution in [0.2, 0.25) is 0 Å². The van der Waals surface area contributed by atoms with Crippen molar-refractivity contribution in [3.8, 4) is 0 Å². The monoisotopic (exact) mass is 413 g/mol. The molecule has 0 spiro atoms. The van der Waals surface area contributed by atoms with Crippen molar-refractivity contribution < 1.29 is 4.79 Å². The summed E-state index contributed by atoms with van der Waals surface area (Å²) in [6.45, 7) is 4.85. The van der Waals surface area contributed by atoms with Gasteiger partial charge in [-0.15, -0.1) is 24.8 Å². The van der Waals surface area contributed by atoms with Crippen molar-refractivity contribution in [3.05, 3.63) is 35.9 Å². The quantitative estimate of drug-likeness (QED) is 0.823. The Bertz CT molecular complexity index is 572. The van der Waals surface area contributed by atoms with E-state index < -0.39 is 0 Å². The van der Waals surface area contributed by atoms with Gasteiger partial charge in [-0.3, -0.25) is 9.69 Å². The van der Waals surface area contributed by atoms with Gasteiger partial charge in [0.2, 0.25) is 5.91 Å². The van der Waals surface area contributed by atoms with Crippen molar-refractivity contribution in [1.82, 2.24) is 15.1 Å². The minimum absolute atomic E-state index is 0. The van der Waals surface area contributed by atoms with E-state index in [1.807, 2.05) is 0 Å². The van der Waals surface area contributed by atoms with Gasteiger partial charge in [0.25, 0.3) is 0 Å². The summed E-state index contributed by atoms with van der Waals surface area (Å²) >= 11 is 0. The lowest BCUT2D eigenvalue weighted by atomic mass is 9.85. The van der Waals surface area contributed by atoms with Gasteiger partial charge in [-0.2, -0.15) is 0 Å². The predicted molar refractivity (Wildman–Crippen MR) is 115 cm³/mol. The molecule has 0 aromatic heterocycles. The maximum Gasteiger partial charge on any atom is 0.239 e. The summed E-state index contributed by atoms with van der Waals surface area (Å²) in [6, 6.07) is 11.3. The molecule has 3 unspecified atom stereocenters. The second kappa shape index (κ2) is 10.7. The first-order valence-electron chi connectivity index (χ1n) is 10.1. The fourth-order valence-electron chi connectivity index (χ4n) is 4.92. The normalized spacial score (nSPS) is 28.4. The highest BCUT2D eigenvalue weighted by Crippen LogP contribution is 2.33. The predicted octanol–water partition coefficient (Wildman–Crippen LogP) is 3.49. The highest BCUT2D eigenvalue weighted by Gasteiger charge is 2.39. The molecule has 0 radical (unpaired) electrons. The molecule has 1 N–H and O–H groups in total. The van der Waals surface area contributed by atoms with Crippen LogP contribution in [0.15, 0.2) is 30.3 Å². The van der Waals surface area contributed by atoms with E-state index in [9.17, 15) is 4.79 Å². The highest BCUT2D eigenvalue weighted by molar-refractivity contribution is 5.85. The summed E-state index contributed by atoms with van der Waals surface area (Å²) in [7, 11) is 0. The average Bonchev–Trinajstić information content (AvgIpc) is 2.95. The molecule has 1 aromatic carbocycles. The Kier molecular flexibility index (Phi) is 8.87. The van der Waals surface area contributed by atoms with E-state index in [1.54, 1.807) is 0 Å². The maximum absolute atomic E-state index is 13.0. The van der Waals surface area contributed by atoms with Crippen LogP contribution in [0, 0.1) is 5.92 Å². The van der Waals surface area contributed by atoms with Gasteiger partial charge in [-0.05, 0) is 37.2 Å². The number of fused-ring (bicyclic) bond motifs is 1. The van der Waals surface area contributed by atoms with Crippen LogP contribution in [0.4, 0.5) is 0 Å². The molecule has 4 rings (SSSR count). The van der Waals surface area contributed by atoms with Gasteiger partial charge in [-0.25, -0.2) is 0 Å². The van der Waals surface area contributed by atoms with E-state index in [1.165, 1.54) is 31.2 Å². The number of rotatable bonds is 3. The number of hydrogen-bond acceptors (Lipinski definition) is 3. The molecular formula is C21H33Cl2N3O. The second-order valence-corrected chi connectivity index (χ2v) is 8.05. The first-order valence-corrected chi connectivity index (χ1v) is 10.1. The van der Waals surface area contributed by atoms with E-state index in [2.05, 4.69) is 45.4 Å². The first kappa shape index (κ1) is 22.5. The molecule has 2 saturated heterocycles. The average molecular weight is 414 g/mol. The van der Waals surface area contributed by atoms with Crippen LogP contribution in [0.3, 0.4) is 0 Å². The second-order valence-electron chi connectivity index (χ2n) is 8.05. The van der Waals surface area contributed by atoms with Crippen molar-refractivity contribution in [1.29, 1.82) is 0 Å². The molecule has 6 heteroatoms. The minimum atomic E-state index is 0. The van der Waals surface area contributed by atoms with Gasteiger partial charge >= 0.3 is 0 Å². The summed E-state index contributed by atoms with van der Waals surface area (Å²) < 4.78 is 0. The molecule has 3 atom stereocenters. The van der Waals surface area contributed by atoms with E-state index in [0.29, 0.717) is 11.9 Å². The molecule has 2 heterocycles. The molecule has 152 valence electrons. The van der Waals surface area contributed by atoms with Gasteiger partial charge in [0.05, 0.1) is 6.04 Å². The zero-order valence-electron chi connectivity index (χ0n) is 16.0. The van der Waals surface area contributed by atoms with Crippen LogP contribution in [-0.4, -0.2) is 54.0 Å². The molecule has 27 heavy (non-hydrogen) atoms. The van der Waals surface area contributed by atoms with Crippen LogP contribution in [0.1, 0.15) is 44.1 Å². The summed E-state index contributed by atoms with van der Waals surface area (Å²) in [5.41, 5.74) is 1.36. The van der Waals surface area contributed by atoms with Gasteiger partial charge in [0.15, 0.2) is 0 Å². The Balaban J connectivity index is 0.00000131. The molecule has 3 aliphatic rings. The summed E-state index contributed by atoms with van der Waals surface area (Å²) in [5.74, 6) is 1.10. The fourth-order valence-corrected chi connectivity index (χ4v) is 4.92. The fraction of sp³-hybridized carbons (Fsp3) is 0.667. The largest absolute Gasteiger partial charge is 0.340 e. The molecule has 1 saturated carbocycles. The van der Waals surface area contributed by atoms with Crippen molar-refractivity contribution in [2.75, 3.05) is 26.2 Å². The maximum atomic E-state index is 13.0. The smallest absolute Gasteiger partial charge is 0.239 e. The molecule has 4 nitrogen and oxygen atoms in total. The van der Waals surface area contributed by atoms with Crippen molar-refractivity contribution >= 4 is 30.7 Å². The molecule has 1 amide bonds. The lowest BCUT2D eigenvalue weighted by molar-refractivity contribution is -0.133. The number of halogens is 2. The Morgan fingerprint density at radius 2 is 1.74 bits per heavy atom. The lowest BCUT2D eigenvalue weighted by Gasteiger charge is -2.25. The molecule has 3 fully saturated rings. The van der Waals surface area contributed by atoms with Crippen molar-refractivity contribution in [3.63, 3.8) is 0 Å². The van der Waals surface area contributed by atoms with Gasteiger partial charge in [0.1, 0.15) is 0 Å². The summed E-state index contributed by atoms with van der Waals surface area (Å²) in [4.78, 5) is 17.6. The first-order chi connectivity index (χ1) is 12.3. The van der Waals surface area contributed by atoms with Crippen LogP contribution >= 0.6 is 24.8 Å². The molecule has 1 aliphatic carbocycles. The number of nitrogens with one attached hydrogen (secondary N) is 1. The number of nitrogens with zero attached hydrogens (tertiary/aromatic N) is 2. The topological polar surface area (TPSA) is 35.6 Å². The Morgan fingerprint density at radius 3 is 2.52 bits per heavy atom. The van der Waals surface area contributed by atoms with Crippen molar-refractivity contribution in [2.24, 2.45) is 5.92 Å². The molecule has 2 aliphatic heterocycles. The lowest BCUT2D eigenvalue weighted by Crippen LogP contribution is -2.46. The van der Waals surface area contributed by atoms with Gasteiger partial charge in [-0.1, -0.05) is 43.2 Å². The van der Waals surface area contributed by atoms with E-state index in [-0.39, 0.29) is 30.9 Å². The SMILES string of the molecule is Cl.Cl.O=C(C1CC2CCCCC2N1)N1CCCN(Cc2ccccc2)CC1. The standard InChI is InChI=1S/C21H31N3O.2ClH/c25-21(20-15-18-9-4-5-10-19(18)22-20)24-12-6-11-23(13-14-24)16-17-7-2-1-3-8-17;;/h1-3,7-8,18-20,22H,4-6,9-16H2;2*1H. The molecular weight excluding hydrogens is 381 g/mol. The van der Waals surface area contributed by atoms with Crippen molar-refractivity contribution in [2.45, 2.75) is 57.2 Å². The highest BCUT2D eigenvalue weighted by atomic mass is 35.5. The number of amides is 1. The zero-order valence-corrected chi connectivity index (χ0v) is 17.6. The van der Waals surface area contributed by atoms with E-state index in [4.69, 9.17) is 0 Å². The number of carbonyl (C=O) groups excluding carboxylic acids is 1. The van der Waals surface area contributed by atoms with Crippen LogP contribution < -0.4 is 5.32 Å². The van der Waals surface area contributed by atoms with E-state index in [0.717, 1.165) is 51.5 Å². The molecule has 0 bridgehead atoms. The van der Waals surface area contributed by atoms with E-state index >= 15 is 0 Å². The minimum Gasteiger partial charge on any atom is -0.340 e. The third kappa shape index (κ3) is 5.60. The van der Waals surface area contributed by atoms with Gasteiger partial charge < -0.3 is 10.2 Å². The molecule has 1 aromatic rings. The van der Waals surface area contributed by atoms with Crippen LogP contribution in [-0.2, 0) is 11.3 Å². The van der Waals surface area contributed by atoms with Crippen LogP contribution in [0.5, 0.6) is 0 Å². The Labute approximate surface area is 175 Å². The Hall–Kier alpha value is -0.810. The van der Waals surface area contributed by atoms with Crippen LogP contribution in [0.25, 0.3) is 0 Å².